The van der Waals surface area contributed by atoms with E-state index in [0.29, 0.717) is 69.8 Å². The number of fused-ring (bicyclic) bond motifs is 3. The number of aliphatic hydroxyl groups excluding tert-OH is 3. The first-order valence-electron chi connectivity index (χ1n) is 26.4. The van der Waals surface area contributed by atoms with Crippen molar-refractivity contribution in [1.82, 2.24) is 4.90 Å². The summed E-state index contributed by atoms with van der Waals surface area (Å²) in [6.07, 6.45) is 9.76. The summed E-state index contributed by atoms with van der Waals surface area (Å²) in [5, 5.41) is 43.1. The van der Waals surface area contributed by atoms with Gasteiger partial charge in [0.15, 0.2) is 5.78 Å². The average Bonchev–Trinajstić information content (AvgIpc) is 3.37. The van der Waals surface area contributed by atoms with Crippen molar-refractivity contribution in [2.75, 3.05) is 41.1 Å². The highest BCUT2D eigenvalue weighted by atomic mass is 16.6. The van der Waals surface area contributed by atoms with Crippen LogP contribution in [-0.2, 0) is 57.2 Å². The number of cyclic esters (lactones) is 1. The Labute approximate surface area is 433 Å². The Bertz CT molecular complexity index is 2010. The average molecular weight is 1030 g/mol. The number of esters is 2. The van der Waals surface area contributed by atoms with Gasteiger partial charge in [-0.15, -0.1) is 0 Å². The monoisotopic (exact) mass is 1030 g/mol. The predicted octanol–water partition coefficient (Wildman–Crippen LogP) is 5.72. The smallest absolute Gasteiger partial charge is 0.329 e. The molecular formula is C56H87NO16. The maximum absolute atomic E-state index is 14.5. The van der Waals surface area contributed by atoms with Gasteiger partial charge in [0.2, 0.25) is 5.79 Å². The molecule has 0 spiro atoms. The van der Waals surface area contributed by atoms with E-state index in [-0.39, 0.29) is 42.8 Å². The van der Waals surface area contributed by atoms with Crippen molar-refractivity contribution in [1.29, 1.82) is 0 Å². The largest absolute Gasteiger partial charge is 0.460 e. The fourth-order valence-corrected chi connectivity index (χ4v) is 10.7. The molecule has 0 aromatic carbocycles. The van der Waals surface area contributed by atoms with E-state index < -0.39 is 120 Å². The highest BCUT2D eigenvalue weighted by molar-refractivity contribution is 6.39. The van der Waals surface area contributed by atoms with Crippen molar-refractivity contribution in [3.05, 3.63) is 47.6 Å². The van der Waals surface area contributed by atoms with E-state index in [2.05, 4.69) is 0 Å². The Balaban J connectivity index is 1.69. The van der Waals surface area contributed by atoms with Crippen LogP contribution in [0.3, 0.4) is 0 Å². The number of aliphatic hydroxyl groups is 4. The summed E-state index contributed by atoms with van der Waals surface area (Å²) in [5.74, 6) is -9.36. The lowest BCUT2D eigenvalue weighted by Crippen LogP contribution is -2.61. The van der Waals surface area contributed by atoms with Crippen molar-refractivity contribution >= 4 is 35.2 Å². The Hall–Kier alpha value is -3.94. The Kier molecular flexibility index (Phi) is 23.9. The Morgan fingerprint density at radius 1 is 0.863 bits per heavy atom. The van der Waals surface area contributed by atoms with Gasteiger partial charge in [0.1, 0.15) is 41.7 Å². The minimum atomic E-state index is -2.47. The molecule has 4 N–H and O–H groups in total. The summed E-state index contributed by atoms with van der Waals surface area (Å²) in [6, 6.07) is -1.20. The van der Waals surface area contributed by atoms with Crippen molar-refractivity contribution < 1.29 is 77.6 Å². The first-order valence-corrected chi connectivity index (χ1v) is 26.4. The molecule has 17 heteroatoms. The zero-order valence-electron chi connectivity index (χ0n) is 45.3. The molecule has 2 saturated heterocycles. The van der Waals surface area contributed by atoms with Crippen LogP contribution < -0.4 is 0 Å². The number of allylic oxidation sites excluding steroid dienone is 6. The van der Waals surface area contributed by atoms with E-state index >= 15 is 0 Å². The quantitative estimate of drug-likeness (QED) is 0.116. The van der Waals surface area contributed by atoms with Crippen LogP contribution in [0.25, 0.3) is 0 Å². The zero-order chi connectivity index (χ0) is 54.4. The molecule has 1 aliphatic carbocycles. The van der Waals surface area contributed by atoms with Gasteiger partial charge in [-0.1, -0.05) is 71.1 Å². The van der Waals surface area contributed by atoms with Crippen LogP contribution in [0, 0.1) is 40.9 Å². The van der Waals surface area contributed by atoms with Gasteiger partial charge in [-0.3, -0.25) is 24.0 Å². The van der Waals surface area contributed by atoms with Crippen molar-refractivity contribution in [2.45, 2.75) is 187 Å². The topological polar surface area (TPSA) is 242 Å². The van der Waals surface area contributed by atoms with Crippen LogP contribution in [0.4, 0.5) is 0 Å². The minimum Gasteiger partial charge on any atom is -0.460 e. The number of hydrogen-bond donors (Lipinski definition) is 4. The normalized spacial score (nSPS) is 37.4. The lowest BCUT2D eigenvalue weighted by molar-refractivity contribution is -0.265. The molecule has 412 valence electrons. The number of ether oxygens (including phenoxy) is 6. The van der Waals surface area contributed by atoms with Crippen LogP contribution in [0.2, 0.25) is 0 Å². The van der Waals surface area contributed by atoms with Crippen molar-refractivity contribution in [2.24, 2.45) is 40.9 Å². The molecule has 4 rings (SSSR count). The number of methoxy groups -OCH3 is 3. The molecule has 0 unspecified atom stereocenters. The number of carbonyl (C=O) groups is 6. The van der Waals surface area contributed by atoms with Gasteiger partial charge in [-0.2, -0.15) is 0 Å². The molecule has 3 heterocycles. The number of ketones is 3. The number of carbonyl (C=O) groups excluding carboxylic acids is 6. The third-order valence-corrected chi connectivity index (χ3v) is 15.9. The van der Waals surface area contributed by atoms with Crippen LogP contribution in [0.15, 0.2) is 47.6 Å². The predicted molar refractivity (Wildman–Crippen MR) is 271 cm³/mol. The summed E-state index contributed by atoms with van der Waals surface area (Å²) < 4.78 is 35.4. The van der Waals surface area contributed by atoms with E-state index in [4.69, 9.17) is 28.4 Å². The molecule has 3 fully saturated rings. The van der Waals surface area contributed by atoms with E-state index in [9.17, 15) is 49.2 Å². The van der Waals surface area contributed by atoms with Gasteiger partial charge >= 0.3 is 11.9 Å². The third-order valence-electron chi connectivity index (χ3n) is 15.9. The van der Waals surface area contributed by atoms with Gasteiger partial charge in [0.05, 0.1) is 31.5 Å². The number of piperidine rings is 1. The van der Waals surface area contributed by atoms with E-state index in [0.717, 1.165) is 10.5 Å². The van der Waals surface area contributed by atoms with Crippen LogP contribution in [0.1, 0.15) is 132 Å². The second-order valence-corrected chi connectivity index (χ2v) is 21.8. The van der Waals surface area contributed by atoms with E-state index in [1.54, 1.807) is 40.9 Å². The number of Topliss-reactive ketones (excluding diaryl/α,β-unsaturated/α-hetero) is 3. The maximum Gasteiger partial charge on any atom is 0.329 e. The first-order chi connectivity index (χ1) is 34.5. The summed E-state index contributed by atoms with van der Waals surface area (Å²) in [4.78, 5) is 85.4. The first kappa shape index (κ1) is 61.6. The number of rotatable bonds is 10. The summed E-state index contributed by atoms with van der Waals surface area (Å²) in [6.45, 7) is 12.7. The van der Waals surface area contributed by atoms with Gasteiger partial charge in [-0.05, 0) is 114 Å². The van der Waals surface area contributed by atoms with Crippen LogP contribution >= 0.6 is 0 Å². The van der Waals surface area contributed by atoms with Crippen molar-refractivity contribution in [3.63, 3.8) is 0 Å². The zero-order valence-corrected chi connectivity index (χ0v) is 45.3. The third kappa shape index (κ3) is 16.0. The minimum absolute atomic E-state index is 0.00697. The number of amides is 1. The lowest BCUT2D eigenvalue weighted by atomic mass is 9.78. The van der Waals surface area contributed by atoms with Crippen LogP contribution in [0.5, 0.6) is 0 Å². The molecule has 15 atom stereocenters. The molecular weight excluding hydrogens is 943 g/mol. The second-order valence-electron chi connectivity index (χ2n) is 21.8. The second kappa shape index (κ2) is 28.3. The summed E-state index contributed by atoms with van der Waals surface area (Å²) in [7, 11) is 4.43. The van der Waals surface area contributed by atoms with E-state index in [1.165, 1.54) is 21.1 Å². The molecule has 0 aromatic rings. The van der Waals surface area contributed by atoms with Gasteiger partial charge < -0.3 is 53.7 Å². The summed E-state index contributed by atoms with van der Waals surface area (Å²) in [5.41, 5.74) is -0.277. The molecule has 4 aliphatic rings. The molecule has 1 saturated carbocycles. The molecule has 1 amide bonds. The molecule has 2 bridgehead atoms. The standard InChI is InChI=1S/C56H87NO16/c1-33-17-13-12-14-18-34(2)45(68-9)29-41-22-20-39(7)56(67,73-41)51(63)52(64)57-24-16-15-19-42(57)53(65)71-46(30-43(60)35(3)26-38(6)49(62)50(70-11)48(61)37(5)25-33)36(4)27-40-21-23-44(47(28-40)69-10)72-54(66)55(8,31-58)32-59/h12-14,17-18,26,33,35-37,39-42,44-47,49-50,58-59,62,67H,15-16,19-25,27-32H2,1-11H3/b14-12+,17-13-,34-18+,38-26+/t33-,35-,36-,37-,39-,40+,41+,42+,44-,45+,46+,47-,49-,50+,56-/m1/s1. The molecule has 17 nitrogen and oxygen atoms in total. The maximum atomic E-state index is 14.5. The Morgan fingerprint density at radius 2 is 1.56 bits per heavy atom. The molecule has 0 aromatic heterocycles. The lowest BCUT2D eigenvalue weighted by Gasteiger charge is -2.42. The molecule has 0 radical (unpaired) electrons. The summed E-state index contributed by atoms with van der Waals surface area (Å²) >= 11 is 0. The fraction of sp³-hybridized carbons (Fsp3) is 0.750. The SMILES string of the molecule is CO[C@H]1C[C@@H]2CC[C@@H](C)[C@@](O)(O2)C(=O)C(=O)N2CCCC[C@H]2C(=O)O[C@H]([C@H](C)C[C@@H]2CC[C@@H](OC(=O)C(C)(CO)CO)[C@H](OC)C2)CC(=O)[C@H](C)/C=C(\C)[C@@H](O)[C@@H](OC)C(=O)[C@H](C)C[C@H](C)\C=C/C=C/C=C/1C. The van der Waals surface area contributed by atoms with Gasteiger partial charge in [-0.25, -0.2) is 4.79 Å². The molecule has 73 heavy (non-hydrogen) atoms. The van der Waals surface area contributed by atoms with Gasteiger partial charge in [0.25, 0.3) is 11.7 Å². The molecule has 3 aliphatic heterocycles. The fourth-order valence-electron chi connectivity index (χ4n) is 10.7. The Morgan fingerprint density at radius 3 is 2.21 bits per heavy atom. The van der Waals surface area contributed by atoms with Crippen molar-refractivity contribution in [3.8, 4) is 0 Å². The number of nitrogens with zero attached hydrogens (tertiary/aromatic N) is 1. The van der Waals surface area contributed by atoms with E-state index in [1.807, 2.05) is 51.2 Å². The number of hydrogen-bond acceptors (Lipinski definition) is 16. The highest BCUT2D eigenvalue weighted by Crippen LogP contribution is 2.38. The van der Waals surface area contributed by atoms with Crippen LogP contribution in [-0.4, -0.2) is 156 Å². The highest BCUT2D eigenvalue weighted by Gasteiger charge is 2.53. The van der Waals surface area contributed by atoms with Gasteiger partial charge in [0, 0.05) is 58.5 Å².